The van der Waals surface area contributed by atoms with Gasteiger partial charge in [-0.1, -0.05) is 12.2 Å². The molecule has 74 valence electrons. The summed E-state index contributed by atoms with van der Waals surface area (Å²) in [4.78, 5) is 21.1. The summed E-state index contributed by atoms with van der Waals surface area (Å²) in [5.74, 6) is -3.69. The predicted octanol–water partition coefficient (Wildman–Crippen LogP) is -0.0867. The van der Waals surface area contributed by atoms with Gasteiger partial charge in [-0.3, -0.25) is 9.59 Å². The summed E-state index contributed by atoms with van der Waals surface area (Å²) < 4.78 is 0. The van der Waals surface area contributed by atoms with E-state index in [9.17, 15) is 9.59 Å². The summed E-state index contributed by atoms with van der Waals surface area (Å²) in [6.07, 6.45) is 4.26. The van der Waals surface area contributed by atoms with Crippen LogP contribution in [-0.2, 0) is 9.59 Å². The Bertz CT molecular complexity index is 233. The van der Waals surface area contributed by atoms with E-state index in [0.29, 0.717) is 12.8 Å². The van der Waals surface area contributed by atoms with Crippen molar-refractivity contribution in [3.63, 3.8) is 0 Å². The number of carboxylic acid groups (broad SMARTS) is 2. The fraction of sp³-hybridized carbons (Fsp3) is 0.500. The molecule has 0 aromatic carbocycles. The third kappa shape index (κ3) is 2.55. The van der Waals surface area contributed by atoms with Crippen molar-refractivity contribution in [1.29, 1.82) is 0 Å². The van der Waals surface area contributed by atoms with Crippen molar-refractivity contribution >= 4 is 11.9 Å². The van der Waals surface area contributed by atoms with Gasteiger partial charge in [0, 0.05) is 0 Å². The van der Waals surface area contributed by atoms with E-state index < -0.39 is 23.8 Å². The highest BCUT2D eigenvalue weighted by molar-refractivity contribution is 5.81. The van der Waals surface area contributed by atoms with Crippen LogP contribution in [0.15, 0.2) is 12.2 Å². The Labute approximate surface area is 75.0 Å². The lowest BCUT2D eigenvalue weighted by molar-refractivity contribution is -0.152. The van der Waals surface area contributed by atoms with Gasteiger partial charge in [0.05, 0.1) is 11.8 Å². The number of rotatable bonds is 2. The monoisotopic (exact) mass is 188 g/mol. The van der Waals surface area contributed by atoms with E-state index >= 15 is 0 Å². The van der Waals surface area contributed by atoms with Gasteiger partial charge in [0.25, 0.3) is 0 Å². The molecule has 0 aliphatic heterocycles. The Morgan fingerprint density at radius 3 is 2.23 bits per heavy atom. The molecule has 1 rings (SSSR count). The van der Waals surface area contributed by atoms with E-state index in [0.717, 1.165) is 0 Å². The van der Waals surface area contributed by atoms with Crippen LogP contribution in [-0.4, -0.2) is 27.6 Å². The molecule has 0 saturated carbocycles. The van der Waals surface area contributed by atoms with E-state index in [2.05, 4.69) is 0 Å². The number of carboxylic acids is 2. The summed E-state index contributed by atoms with van der Waals surface area (Å²) in [6.45, 7) is 0. The molecule has 5 nitrogen and oxygen atoms in total. The molecule has 1 aliphatic rings. The van der Waals surface area contributed by atoms with Crippen molar-refractivity contribution in [2.75, 3.05) is 0 Å². The van der Waals surface area contributed by atoms with Gasteiger partial charge in [-0.15, -0.1) is 0 Å². The van der Waals surface area contributed by atoms with Crippen molar-refractivity contribution in [3.05, 3.63) is 12.2 Å². The fourth-order valence-electron chi connectivity index (χ4n) is 1.36. The summed E-state index contributed by atoms with van der Waals surface area (Å²) in [5, 5.41) is 17.3. The second kappa shape index (κ2) is 4.61. The molecule has 0 fully saturated rings. The molecule has 2 atom stereocenters. The molecule has 5 heteroatoms. The predicted molar refractivity (Wildman–Crippen MR) is 44.2 cm³/mol. The van der Waals surface area contributed by atoms with Crippen molar-refractivity contribution < 1.29 is 25.3 Å². The largest absolute Gasteiger partial charge is 0.481 e. The zero-order chi connectivity index (χ0) is 9.14. The van der Waals surface area contributed by atoms with Crippen LogP contribution in [0.25, 0.3) is 0 Å². The Morgan fingerprint density at radius 1 is 1.23 bits per heavy atom. The maximum Gasteiger partial charge on any atom is 0.311 e. The normalized spacial score (nSPS) is 26.2. The molecule has 0 aromatic rings. The van der Waals surface area contributed by atoms with Gasteiger partial charge in [0.2, 0.25) is 0 Å². The van der Waals surface area contributed by atoms with Crippen molar-refractivity contribution in [2.24, 2.45) is 11.8 Å². The first kappa shape index (κ1) is 11.6. The smallest absolute Gasteiger partial charge is 0.311 e. The lowest BCUT2D eigenvalue weighted by atomic mass is 9.84. The van der Waals surface area contributed by atoms with Crippen LogP contribution in [0.5, 0.6) is 0 Å². The molecule has 4 N–H and O–H groups in total. The molecule has 0 saturated heterocycles. The van der Waals surface area contributed by atoms with Crippen molar-refractivity contribution in [1.82, 2.24) is 0 Å². The minimum absolute atomic E-state index is 0. The van der Waals surface area contributed by atoms with Gasteiger partial charge in [-0.25, -0.2) is 0 Å². The highest BCUT2D eigenvalue weighted by atomic mass is 16.4. The van der Waals surface area contributed by atoms with Crippen LogP contribution in [0.4, 0.5) is 0 Å². The highest BCUT2D eigenvalue weighted by Gasteiger charge is 2.32. The molecule has 0 bridgehead atoms. The van der Waals surface area contributed by atoms with E-state index in [1.54, 1.807) is 6.08 Å². The second-order valence-electron chi connectivity index (χ2n) is 2.81. The van der Waals surface area contributed by atoms with Gasteiger partial charge in [0.15, 0.2) is 0 Å². The van der Waals surface area contributed by atoms with Gasteiger partial charge in [0.1, 0.15) is 0 Å². The van der Waals surface area contributed by atoms with E-state index in [1.807, 2.05) is 0 Å². The maximum absolute atomic E-state index is 10.6. The van der Waals surface area contributed by atoms with Crippen LogP contribution >= 0.6 is 0 Å². The second-order valence-corrected chi connectivity index (χ2v) is 2.81. The van der Waals surface area contributed by atoms with Gasteiger partial charge in [-0.05, 0) is 12.8 Å². The lowest BCUT2D eigenvalue weighted by Gasteiger charge is -2.19. The molecule has 2 unspecified atom stereocenters. The van der Waals surface area contributed by atoms with Crippen LogP contribution in [0.2, 0.25) is 0 Å². The topological polar surface area (TPSA) is 106 Å². The van der Waals surface area contributed by atoms with Crippen LogP contribution in [0, 0.1) is 11.8 Å². The van der Waals surface area contributed by atoms with E-state index in [1.165, 1.54) is 6.08 Å². The molecule has 0 spiro atoms. The average molecular weight is 188 g/mol. The number of allylic oxidation sites excluding steroid dienone is 1. The zero-order valence-electron chi connectivity index (χ0n) is 6.93. The van der Waals surface area contributed by atoms with E-state index in [4.69, 9.17) is 10.2 Å². The molecular weight excluding hydrogens is 176 g/mol. The van der Waals surface area contributed by atoms with Gasteiger partial charge < -0.3 is 15.7 Å². The standard InChI is InChI=1S/C8H10O4.H2O/c9-7(10)5-3-1-2-4-6(5)8(11)12;/h1,3,5-6H,2,4H2,(H,9,10)(H,11,12);1H2. The number of carbonyl (C=O) groups is 2. The molecule has 13 heavy (non-hydrogen) atoms. The minimum atomic E-state index is -1.06. The number of hydrogen-bond acceptors (Lipinski definition) is 2. The van der Waals surface area contributed by atoms with E-state index in [-0.39, 0.29) is 5.48 Å². The third-order valence-corrected chi connectivity index (χ3v) is 2.02. The summed E-state index contributed by atoms with van der Waals surface area (Å²) in [6, 6.07) is 0. The first-order valence-electron chi connectivity index (χ1n) is 3.75. The first-order chi connectivity index (χ1) is 5.63. The first-order valence-corrected chi connectivity index (χ1v) is 3.75. The SMILES string of the molecule is O.O=C(O)C1C=CCCC1C(=O)O. The molecule has 1 aliphatic carbocycles. The fourth-order valence-corrected chi connectivity index (χ4v) is 1.36. The Hall–Kier alpha value is -1.36. The quantitative estimate of drug-likeness (QED) is 0.590. The van der Waals surface area contributed by atoms with Gasteiger partial charge in [-0.2, -0.15) is 0 Å². The highest BCUT2D eigenvalue weighted by Crippen LogP contribution is 2.24. The lowest BCUT2D eigenvalue weighted by Crippen LogP contribution is -2.30. The maximum atomic E-state index is 10.6. The Balaban J connectivity index is 0.00000144. The Kier molecular flexibility index (Phi) is 4.13. The Morgan fingerprint density at radius 2 is 1.85 bits per heavy atom. The molecule has 0 heterocycles. The summed E-state index contributed by atoms with van der Waals surface area (Å²) >= 11 is 0. The molecular formula is C8H12O5. The zero-order valence-corrected chi connectivity index (χ0v) is 6.93. The van der Waals surface area contributed by atoms with Crippen LogP contribution in [0.3, 0.4) is 0 Å². The average Bonchev–Trinajstić information content (AvgIpc) is 2.04. The van der Waals surface area contributed by atoms with Gasteiger partial charge >= 0.3 is 11.9 Å². The molecule has 0 aromatic heterocycles. The van der Waals surface area contributed by atoms with Crippen LogP contribution in [0.1, 0.15) is 12.8 Å². The number of aliphatic carboxylic acids is 2. The summed E-state index contributed by atoms with van der Waals surface area (Å²) in [7, 11) is 0. The minimum Gasteiger partial charge on any atom is -0.481 e. The molecule has 0 amide bonds. The summed E-state index contributed by atoms with van der Waals surface area (Å²) in [5.41, 5.74) is 0. The third-order valence-electron chi connectivity index (χ3n) is 2.02. The number of hydrogen-bond donors (Lipinski definition) is 2. The van der Waals surface area contributed by atoms with Crippen molar-refractivity contribution in [3.8, 4) is 0 Å². The molecule has 0 radical (unpaired) electrons. The van der Waals surface area contributed by atoms with Crippen LogP contribution < -0.4 is 0 Å². The van der Waals surface area contributed by atoms with Crippen molar-refractivity contribution in [2.45, 2.75) is 12.8 Å².